The van der Waals surface area contributed by atoms with Gasteiger partial charge in [-0.05, 0) is 24.3 Å². The SMILES string of the molecule is N#CC(C(=S)Nc1ccc(F)cc1F)=C1Nc2ccccc2S1. The van der Waals surface area contributed by atoms with Gasteiger partial charge < -0.3 is 10.6 Å². The van der Waals surface area contributed by atoms with Crippen molar-refractivity contribution >= 4 is 40.3 Å². The van der Waals surface area contributed by atoms with E-state index in [2.05, 4.69) is 10.6 Å². The third-order valence-electron chi connectivity index (χ3n) is 3.09. The summed E-state index contributed by atoms with van der Waals surface area (Å²) in [5.41, 5.74) is 1.10. The van der Waals surface area contributed by atoms with Crippen LogP contribution in [0.4, 0.5) is 20.2 Å². The van der Waals surface area contributed by atoms with E-state index in [1.54, 1.807) is 0 Å². The van der Waals surface area contributed by atoms with Crippen LogP contribution in [0.1, 0.15) is 0 Å². The molecule has 1 aliphatic heterocycles. The number of rotatable bonds is 2. The number of nitrogens with one attached hydrogen (secondary N) is 2. The molecule has 1 heterocycles. The lowest BCUT2D eigenvalue weighted by atomic mass is 10.2. The maximum absolute atomic E-state index is 13.7. The Morgan fingerprint density at radius 2 is 2.00 bits per heavy atom. The fraction of sp³-hybridized carbons (Fsp3) is 0. The van der Waals surface area contributed by atoms with Crippen molar-refractivity contribution in [3.8, 4) is 6.07 Å². The largest absolute Gasteiger partial charge is 0.348 e. The standard InChI is InChI=1S/C16H9F2N3S2/c17-9-5-6-12(11(18)7-9)20-15(22)10(8-19)16-21-13-3-1-2-4-14(13)23-16/h1-7,21H,(H,20,22). The quantitative estimate of drug-likeness (QED) is 0.471. The molecule has 0 radical (unpaired) electrons. The first-order chi connectivity index (χ1) is 11.1. The predicted molar refractivity (Wildman–Crippen MR) is 91.1 cm³/mol. The van der Waals surface area contributed by atoms with E-state index in [1.165, 1.54) is 17.8 Å². The Balaban J connectivity index is 1.86. The number of anilines is 2. The summed E-state index contributed by atoms with van der Waals surface area (Å²) < 4.78 is 26.6. The first kappa shape index (κ1) is 15.5. The molecule has 0 bridgehead atoms. The monoisotopic (exact) mass is 345 g/mol. The third-order valence-corrected chi connectivity index (χ3v) is 4.48. The molecule has 2 N–H and O–H groups in total. The van der Waals surface area contributed by atoms with Crippen LogP contribution in [0.3, 0.4) is 0 Å². The second kappa shape index (κ2) is 6.36. The van der Waals surface area contributed by atoms with Crippen molar-refractivity contribution in [3.05, 3.63) is 64.7 Å². The topological polar surface area (TPSA) is 47.9 Å². The van der Waals surface area contributed by atoms with Gasteiger partial charge in [0.25, 0.3) is 0 Å². The van der Waals surface area contributed by atoms with Crippen molar-refractivity contribution in [2.75, 3.05) is 10.6 Å². The molecule has 0 fully saturated rings. The fourth-order valence-corrected chi connectivity index (χ4v) is 3.34. The molecule has 0 saturated heterocycles. The van der Waals surface area contributed by atoms with Crippen molar-refractivity contribution in [1.82, 2.24) is 0 Å². The van der Waals surface area contributed by atoms with E-state index in [9.17, 15) is 14.0 Å². The Bertz CT molecular complexity index is 845. The number of nitriles is 1. The van der Waals surface area contributed by atoms with Crippen LogP contribution in [0.25, 0.3) is 0 Å². The Morgan fingerprint density at radius 1 is 1.22 bits per heavy atom. The van der Waals surface area contributed by atoms with Crippen molar-refractivity contribution in [2.24, 2.45) is 0 Å². The zero-order valence-corrected chi connectivity index (χ0v) is 13.2. The Labute approximate surface area is 141 Å². The summed E-state index contributed by atoms with van der Waals surface area (Å²) >= 11 is 6.57. The number of thioether (sulfide) groups is 1. The molecule has 0 unspecified atom stereocenters. The number of halogens is 2. The van der Waals surface area contributed by atoms with E-state index in [0.29, 0.717) is 5.03 Å². The van der Waals surface area contributed by atoms with Crippen molar-refractivity contribution in [1.29, 1.82) is 5.26 Å². The van der Waals surface area contributed by atoms with Crippen LogP contribution < -0.4 is 10.6 Å². The number of hydrogen-bond acceptors (Lipinski definition) is 4. The predicted octanol–water partition coefficient (Wildman–Crippen LogP) is 4.66. The maximum atomic E-state index is 13.7. The normalized spacial score (nSPS) is 14.5. The van der Waals surface area contributed by atoms with Gasteiger partial charge in [-0.1, -0.05) is 36.1 Å². The van der Waals surface area contributed by atoms with Crippen LogP contribution >= 0.6 is 24.0 Å². The molecule has 0 atom stereocenters. The molecular weight excluding hydrogens is 336 g/mol. The molecular formula is C16H9F2N3S2. The molecule has 3 rings (SSSR count). The summed E-state index contributed by atoms with van der Waals surface area (Å²) in [6.07, 6.45) is 0. The van der Waals surface area contributed by atoms with Gasteiger partial charge >= 0.3 is 0 Å². The number of fused-ring (bicyclic) bond motifs is 1. The zero-order chi connectivity index (χ0) is 16.4. The van der Waals surface area contributed by atoms with E-state index in [0.717, 1.165) is 22.7 Å². The second-order valence-corrected chi connectivity index (χ2v) is 6.08. The minimum absolute atomic E-state index is 0.0188. The van der Waals surface area contributed by atoms with Crippen molar-refractivity contribution < 1.29 is 8.78 Å². The van der Waals surface area contributed by atoms with Gasteiger partial charge in [-0.2, -0.15) is 5.26 Å². The Hall–Kier alpha value is -2.43. The Morgan fingerprint density at radius 3 is 2.70 bits per heavy atom. The van der Waals surface area contributed by atoms with E-state index in [-0.39, 0.29) is 16.2 Å². The first-order valence-electron chi connectivity index (χ1n) is 6.53. The fourth-order valence-electron chi connectivity index (χ4n) is 2.01. The van der Waals surface area contributed by atoms with E-state index in [1.807, 2.05) is 30.3 Å². The average Bonchev–Trinajstić information content (AvgIpc) is 2.94. The van der Waals surface area contributed by atoms with E-state index in [4.69, 9.17) is 12.2 Å². The molecule has 0 saturated carbocycles. The third kappa shape index (κ3) is 3.18. The van der Waals surface area contributed by atoms with Crippen LogP contribution in [-0.4, -0.2) is 4.99 Å². The molecule has 1 aliphatic rings. The summed E-state index contributed by atoms with van der Waals surface area (Å²) in [5, 5.41) is 15.7. The molecule has 2 aromatic rings. The minimum Gasteiger partial charge on any atom is -0.348 e. The molecule has 0 aromatic heterocycles. The Kier molecular flexibility index (Phi) is 4.28. The van der Waals surface area contributed by atoms with Gasteiger partial charge in [0.1, 0.15) is 28.3 Å². The smallest absolute Gasteiger partial charge is 0.149 e. The molecule has 3 nitrogen and oxygen atoms in total. The maximum Gasteiger partial charge on any atom is 0.149 e. The van der Waals surface area contributed by atoms with Gasteiger partial charge in [-0.25, -0.2) is 8.78 Å². The minimum atomic E-state index is -0.773. The molecule has 2 aromatic carbocycles. The highest BCUT2D eigenvalue weighted by atomic mass is 32.2. The number of benzene rings is 2. The summed E-state index contributed by atoms with van der Waals surface area (Å²) in [4.78, 5) is 1.05. The van der Waals surface area contributed by atoms with Crippen LogP contribution in [-0.2, 0) is 0 Å². The molecule has 114 valence electrons. The number of para-hydroxylation sites is 1. The lowest BCUT2D eigenvalue weighted by molar-refractivity contribution is 0.586. The second-order valence-electron chi connectivity index (χ2n) is 4.62. The van der Waals surface area contributed by atoms with Crippen molar-refractivity contribution in [2.45, 2.75) is 4.90 Å². The summed E-state index contributed by atoms with van der Waals surface area (Å²) in [6, 6.07) is 12.7. The van der Waals surface area contributed by atoms with E-state index < -0.39 is 11.6 Å². The van der Waals surface area contributed by atoms with Gasteiger partial charge in [0.2, 0.25) is 0 Å². The number of nitrogens with zero attached hydrogens (tertiary/aromatic N) is 1. The molecule has 7 heteroatoms. The summed E-state index contributed by atoms with van der Waals surface area (Å²) in [7, 11) is 0. The summed E-state index contributed by atoms with van der Waals surface area (Å²) in [6.45, 7) is 0. The van der Waals surface area contributed by atoms with Gasteiger partial charge in [-0.3, -0.25) is 0 Å². The average molecular weight is 345 g/mol. The van der Waals surface area contributed by atoms with Crippen LogP contribution in [0.2, 0.25) is 0 Å². The van der Waals surface area contributed by atoms with E-state index >= 15 is 0 Å². The highest BCUT2D eigenvalue weighted by molar-refractivity contribution is 8.03. The first-order valence-corrected chi connectivity index (χ1v) is 7.75. The molecule has 0 spiro atoms. The van der Waals surface area contributed by atoms with Gasteiger partial charge in [-0.15, -0.1) is 0 Å². The highest BCUT2D eigenvalue weighted by Gasteiger charge is 2.21. The zero-order valence-electron chi connectivity index (χ0n) is 11.6. The molecule has 23 heavy (non-hydrogen) atoms. The number of hydrogen-bond donors (Lipinski definition) is 2. The lowest BCUT2D eigenvalue weighted by Gasteiger charge is -2.10. The summed E-state index contributed by atoms with van der Waals surface area (Å²) in [5.74, 6) is -1.45. The molecule has 0 amide bonds. The van der Waals surface area contributed by atoms with Crippen LogP contribution in [0.15, 0.2) is 58.0 Å². The van der Waals surface area contributed by atoms with Gasteiger partial charge in [0, 0.05) is 11.0 Å². The highest BCUT2D eigenvalue weighted by Crippen LogP contribution is 2.42. The van der Waals surface area contributed by atoms with Gasteiger partial charge in [0.05, 0.1) is 16.4 Å². The lowest BCUT2D eigenvalue weighted by Crippen LogP contribution is -2.15. The van der Waals surface area contributed by atoms with Crippen molar-refractivity contribution in [3.63, 3.8) is 0 Å². The van der Waals surface area contributed by atoms with Crippen LogP contribution in [0, 0.1) is 23.0 Å². The van der Waals surface area contributed by atoms with Crippen LogP contribution in [0.5, 0.6) is 0 Å². The van der Waals surface area contributed by atoms with Gasteiger partial charge in [0.15, 0.2) is 0 Å². The molecule has 0 aliphatic carbocycles. The number of thiocarbonyl (C=S) groups is 1.